The van der Waals surface area contributed by atoms with Crippen molar-refractivity contribution in [3.8, 4) is 22.9 Å². The zero-order valence-electron chi connectivity index (χ0n) is 17.9. The van der Waals surface area contributed by atoms with Crippen LogP contribution in [0.3, 0.4) is 0 Å². The van der Waals surface area contributed by atoms with Gasteiger partial charge in [0, 0.05) is 23.3 Å². The van der Waals surface area contributed by atoms with Crippen LogP contribution in [0.1, 0.15) is 37.8 Å². The number of hydrogen-bond acceptors (Lipinski definition) is 6. The molecule has 1 atom stereocenters. The Morgan fingerprint density at radius 3 is 2.72 bits per heavy atom. The van der Waals surface area contributed by atoms with Crippen LogP contribution in [0.15, 0.2) is 53.7 Å². The second-order valence-corrected chi connectivity index (χ2v) is 7.75. The maximum Gasteiger partial charge on any atom is 0.226 e. The van der Waals surface area contributed by atoms with Crippen molar-refractivity contribution in [1.82, 2.24) is 14.8 Å². The summed E-state index contributed by atoms with van der Waals surface area (Å²) in [4.78, 5) is 17.7. The van der Waals surface area contributed by atoms with E-state index in [0.717, 1.165) is 24.1 Å². The van der Waals surface area contributed by atoms with Gasteiger partial charge in [0.25, 0.3) is 0 Å². The lowest BCUT2D eigenvalue weighted by Gasteiger charge is -2.32. The topological polar surface area (TPSA) is 78.3 Å². The number of halogens is 1. The molecule has 0 bridgehead atoms. The summed E-state index contributed by atoms with van der Waals surface area (Å²) in [5.41, 5.74) is 3.13. The van der Waals surface area contributed by atoms with E-state index in [1.54, 1.807) is 23.9 Å². The first-order chi connectivity index (χ1) is 15.6. The maximum absolute atomic E-state index is 13.4. The van der Waals surface area contributed by atoms with E-state index in [4.69, 9.17) is 14.6 Å². The molecule has 1 unspecified atom stereocenters. The van der Waals surface area contributed by atoms with Crippen molar-refractivity contribution >= 4 is 11.7 Å². The van der Waals surface area contributed by atoms with Crippen LogP contribution in [0.5, 0.6) is 11.5 Å². The molecule has 1 N–H and O–H groups in total. The van der Waals surface area contributed by atoms with Crippen LogP contribution < -0.4 is 14.8 Å². The minimum absolute atomic E-state index is 0.0982. The van der Waals surface area contributed by atoms with Gasteiger partial charge in [-0.25, -0.2) is 9.07 Å². The fourth-order valence-electron chi connectivity index (χ4n) is 4.31. The van der Waals surface area contributed by atoms with Crippen molar-refractivity contribution in [2.24, 2.45) is 0 Å². The van der Waals surface area contributed by atoms with Crippen molar-refractivity contribution in [2.45, 2.75) is 32.2 Å². The highest BCUT2D eigenvalue weighted by molar-refractivity contribution is 5.99. The summed E-state index contributed by atoms with van der Waals surface area (Å²) in [6.45, 7) is 2.43. The number of benzene rings is 2. The number of nitrogens with one attached hydrogen (secondary N) is 1. The van der Waals surface area contributed by atoms with Crippen LogP contribution in [0.25, 0.3) is 11.4 Å². The number of Topliss-reactive ketones (excluding diaryl/α,β-unsaturated/α-hetero) is 1. The van der Waals surface area contributed by atoms with Crippen LogP contribution in [0, 0.1) is 5.82 Å². The fourth-order valence-corrected chi connectivity index (χ4v) is 4.31. The van der Waals surface area contributed by atoms with Gasteiger partial charge in [-0.3, -0.25) is 4.79 Å². The third kappa shape index (κ3) is 3.41. The average Bonchev–Trinajstić information content (AvgIpc) is 3.22. The summed E-state index contributed by atoms with van der Waals surface area (Å²) in [6, 6.07) is 11.3. The van der Waals surface area contributed by atoms with Crippen LogP contribution in [0.4, 0.5) is 10.3 Å². The van der Waals surface area contributed by atoms with Gasteiger partial charge in [0.05, 0.1) is 13.7 Å². The minimum Gasteiger partial charge on any atom is -0.493 e. The molecule has 0 fully saturated rings. The monoisotopic (exact) mass is 434 g/mol. The average molecular weight is 434 g/mol. The molecular weight excluding hydrogens is 411 g/mol. The van der Waals surface area contributed by atoms with E-state index in [2.05, 4.69) is 10.3 Å². The number of fused-ring (bicyclic) bond motifs is 1. The summed E-state index contributed by atoms with van der Waals surface area (Å²) in [6.07, 6.45) is 2.06. The first-order valence-corrected chi connectivity index (χ1v) is 10.7. The van der Waals surface area contributed by atoms with Crippen LogP contribution in [0.2, 0.25) is 0 Å². The lowest BCUT2D eigenvalue weighted by molar-refractivity contribution is -0.116. The highest BCUT2D eigenvalue weighted by atomic mass is 19.1. The molecule has 0 radical (unpaired) electrons. The van der Waals surface area contributed by atoms with Gasteiger partial charge < -0.3 is 14.8 Å². The van der Waals surface area contributed by atoms with E-state index in [1.165, 1.54) is 12.1 Å². The minimum atomic E-state index is -0.444. The Bertz CT molecular complexity index is 1220. The second kappa shape index (κ2) is 8.11. The molecule has 8 heteroatoms. The highest BCUT2D eigenvalue weighted by Crippen LogP contribution is 2.42. The van der Waals surface area contributed by atoms with Gasteiger partial charge in [0.2, 0.25) is 5.95 Å². The number of nitrogens with zero attached hydrogens (tertiary/aromatic N) is 3. The molecule has 0 saturated heterocycles. The van der Waals surface area contributed by atoms with E-state index in [-0.39, 0.29) is 11.6 Å². The molecule has 5 rings (SSSR count). The molecule has 0 amide bonds. The van der Waals surface area contributed by atoms with Crippen molar-refractivity contribution in [1.29, 1.82) is 0 Å². The maximum atomic E-state index is 13.4. The molecule has 7 nitrogen and oxygen atoms in total. The Kier molecular flexibility index (Phi) is 5.13. The predicted octanol–water partition coefficient (Wildman–Crippen LogP) is 4.51. The number of ketones is 1. The Hall–Kier alpha value is -3.68. The lowest BCUT2D eigenvalue weighted by Crippen LogP contribution is -2.31. The zero-order valence-corrected chi connectivity index (χ0v) is 17.9. The van der Waals surface area contributed by atoms with Gasteiger partial charge in [-0.2, -0.15) is 4.98 Å². The normalized spacial score (nSPS) is 17.5. The molecule has 0 saturated carbocycles. The Balaban J connectivity index is 1.65. The van der Waals surface area contributed by atoms with E-state index < -0.39 is 6.04 Å². The third-order valence-electron chi connectivity index (χ3n) is 5.77. The molecule has 2 aliphatic rings. The number of ether oxygens (including phenoxy) is 2. The number of aromatic nitrogens is 3. The molecule has 3 aromatic rings. The first-order valence-electron chi connectivity index (χ1n) is 10.7. The number of carbonyl (C=O) groups is 1. The second-order valence-electron chi connectivity index (χ2n) is 7.75. The van der Waals surface area contributed by atoms with Crippen LogP contribution >= 0.6 is 0 Å². The number of hydrogen-bond donors (Lipinski definition) is 1. The quantitative estimate of drug-likeness (QED) is 0.637. The van der Waals surface area contributed by atoms with Crippen molar-refractivity contribution in [3.63, 3.8) is 0 Å². The summed E-state index contributed by atoms with van der Waals surface area (Å²) < 4.78 is 26.3. The van der Waals surface area contributed by atoms with Crippen molar-refractivity contribution in [3.05, 3.63) is 65.1 Å². The summed E-state index contributed by atoms with van der Waals surface area (Å²) >= 11 is 0. The highest BCUT2D eigenvalue weighted by Gasteiger charge is 2.37. The third-order valence-corrected chi connectivity index (χ3v) is 5.77. The van der Waals surface area contributed by atoms with Gasteiger partial charge in [-0.05, 0) is 61.7 Å². The van der Waals surface area contributed by atoms with Gasteiger partial charge in [-0.1, -0.05) is 6.07 Å². The van der Waals surface area contributed by atoms with Crippen LogP contribution in [-0.2, 0) is 4.79 Å². The number of carbonyl (C=O) groups excluding carboxylic acids is 1. The number of rotatable bonds is 5. The Morgan fingerprint density at radius 1 is 1.16 bits per heavy atom. The van der Waals surface area contributed by atoms with Crippen LogP contribution in [-0.4, -0.2) is 34.3 Å². The molecule has 2 heterocycles. The number of allylic oxidation sites excluding steroid dienone is 2. The summed E-state index contributed by atoms with van der Waals surface area (Å²) in [7, 11) is 1.59. The van der Waals surface area contributed by atoms with Gasteiger partial charge in [-0.15, -0.1) is 5.10 Å². The van der Waals surface area contributed by atoms with E-state index in [0.29, 0.717) is 47.4 Å². The van der Waals surface area contributed by atoms with E-state index in [9.17, 15) is 9.18 Å². The Labute approximate surface area is 184 Å². The molecule has 1 aliphatic carbocycles. The van der Waals surface area contributed by atoms with Gasteiger partial charge >= 0.3 is 0 Å². The summed E-state index contributed by atoms with van der Waals surface area (Å²) in [5, 5.41) is 8.02. The number of methoxy groups -OCH3 is 1. The SMILES string of the molecule is CCOc1ccc(C2C3=C(CCCC3=O)Nc3nc(-c4ccc(F)cc4)nn32)cc1OC. The van der Waals surface area contributed by atoms with E-state index in [1.807, 2.05) is 25.1 Å². The molecule has 0 spiro atoms. The zero-order chi connectivity index (χ0) is 22.2. The molecule has 32 heavy (non-hydrogen) atoms. The smallest absolute Gasteiger partial charge is 0.226 e. The largest absolute Gasteiger partial charge is 0.493 e. The molecule has 1 aromatic heterocycles. The van der Waals surface area contributed by atoms with Crippen molar-refractivity contribution in [2.75, 3.05) is 19.0 Å². The van der Waals surface area contributed by atoms with Gasteiger partial charge in [0.1, 0.15) is 11.9 Å². The van der Waals surface area contributed by atoms with Crippen molar-refractivity contribution < 1.29 is 18.7 Å². The van der Waals surface area contributed by atoms with E-state index >= 15 is 0 Å². The molecule has 164 valence electrons. The Morgan fingerprint density at radius 2 is 1.97 bits per heavy atom. The standard InChI is InChI=1S/C24H23FN4O3/c1-3-32-19-12-9-15(13-20(19)31-2)22-21-17(5-4-6-18(21)30)26-24-27-23(28-29(22)24)14-7-10-16(25)11-8-14/h7-13,22H,3-6H2,1-2H3,(H,26,27,28). The van der Waals surface area contributed by atoms with Gasteiger partial charge in [0.15, 0.2) is 23.1 Å². The summed E-state index contributed by atoms with van der Waals surface area (Å²) in [5.74, 6) is 2.02. The number of anilines is 1. The predicted molar refractivity (Wildman–Crippen MR) is 117 cm³/mol. The molecule has 1 aliphatic heterocycles. The molecular formula is C24H23FN4O3. The first kappa shape index (κ1) is 20.2. The fraction of sp³-hybridized carbons (Fsp3) is 0.292. The molecule has 2 aromatic carbocycles. The lowest BCUT2D eigenvalue weighted by atomic mass is 9.85.